The maximum atomic E-state index is 13.4. The van der Waals surface area contributed by atoms with E-state index in [2.05, 4.69) is 10.5 Å². The van der Waals surface area contributed by atoms with Gasteiger partial charge in [0.25, 0.3) is 15.9 Å². The van der Waals surface area contributed by atoms with Crippen LogP contribution in [0.5, 0.6) is 0 Å². The van der Waals surface area contributed by atoms with Gasteiger partial charge in [0, 0.05) is 5.71 Å². The molecule has 1 aliphatic carbocycles. The number of benzene rings is 2. The number of carbonyl (C=O) groups is 1. The SMILES string of the molecule is Cc1cccc(N(CC(=O)NN=C2CCCCCC2)S(=O)(=O)c2ccccc2)c1C. The summed E-state index contributed by atoms with van der Waals surface area (Å²) >= 11 is 0. The lowest BCUT2D eigenvalue weighted by Gasteiger charge is -2.26. The summed E-state index contributed by atoms with van der Waals surface area (Å²) < 4.78 is 28.0. The normalized spacial score (nSPS) is 14.7. The van der Waals surface area contributed by atoms with E-state index in [4.69, 9.17) is 0 Å². The highest BCUT2D eigenvalue weighted by Gasteiger charge is 2.28. The summed E-state index contributed by atoms with van der Waals surface area (Å²) in [6, 6.07) is 13.6. The van der Waals surface area contributed by atoms with Gasteiger partial charge in [-0.15, -0.1) is 0 Å². The molecule has 6 nitrogen and oxygen atoms in total. The van der Waals surface area contributed by atoms with Crippen LogP contribution in [0.2, 0.25) is 0 Å². The van der Waals surface area contributed by atoms with Crippen LogP contribution in [0, 0.1) is 13.8 Å². The molecule has 1 N–H and O–H groups in total. The Hall–Kier alpha value is -2.67. The summed E-state index contributed by atoms with van der Waals surface area (Å²) in [7, 11) is -3.91. The van der Waals surface area contributed by atoms with Gasteiger partial charge < -0.3 is 0 Å². The first kappa shape index (κ1) is 22.0. The number of sulfonamides is 1. The molecule has 0 atom stereocenters. The minimum absolute atomic E-state index is 0.147. The second kappa shape index (κ2) is 9.89. The molecule has 0 radical (unpaired) electrons. The first-order chi connectivity index (χ1) is 14.4. The summed E-state index contributed by atoms with van der Waals surface area (Å²) in [5.41, 5.74) is 5.83. The standard InChI is InChI=1S/C23H29N3O3S/c1-18-11-10-16-22(19(18)2)26(30(28,29)21-14-8-5-9-15-21)17-23(27)25-24-20-12-6-3-4-7-13-20/h5,8-11,14-16H,3-4,6-7,12-13,17H2,1-2H3,(H,25,27). The van der Waals surface area contributed by atoms with Crippen LogP contribution in [0.25, 0.3) is 0 Å². The number of nitrogens with one attached hydrogen (secondary N) is 1. The predicted octanol–water partition coefficient (Wildman–Crippen LogP) is 4.33. The summed E-state index contributed by atoms with van der Waals surface area (Å²) in [5, 5.41) is 4.28. The largest absolute Gasteiger partial charge is 0.271 e. The zero-order valence-corrected chi connectivity index (χ0v) is 18.4. The summed E-state index contributed by atoms with van der Waals surface area (Å²) in [6.45, 7) is 3.45. The molecule has 0 spiro atoms. The fourth-order valence-corrected chi connectivity index (χ4v) is 5.08. The summed E-state index contributed by atoms with van der Waals surface area (Å²) in [5.74, 6) is -0.452. The van der Waals surface area contributed by atoms with Crippen molar-refractivity contribution < 1.29 is 13.2 Å². The van der Waals surface area contributed by atoms with Crippen LogP contribution in [0.4, 0.5) is 5.69 Å². The molecular formula is C23H29N3O3S. The molecule has 0 heterocycles. The van der Waals surface area contributed by atoms with Crippen molar-refractivity contribution in [3.05, 3.63) is 59.7 Å². The highest BCUT2D eigenvalue weighted by atomic mass is 32.2. The summed E-state index contributed by atoms with van der Waals surface area (Å²) in [6.07, 6.45) is 6.27. The van der Waals surface area contributed by atoms with Gasteiger partial charge in [-0.25, -0.2) is 13.8 Å². The van der Waals surface area contributed by atoms with Crippen LogP contribution in [0.1, 0.15) is 49.7 Å². The van der Waals surface area contributed by atoms with E-state index in [0.717, 1.165) is 42.5 Å². The lowest BCUT2D eigenvalue weighted by molar-refractivity contribution is -0.119. The Morgan fingerprint density at radius 2 is 1.63 bits per heavy atom. The Morgan fingerprint density at radius 3 is 2.30 bits per heavy atom. The number of carbonyl (C=O) groups excluding carboxylic acids is 1. The molecule has 2 aromatic carbocycles. The topological polar surface area (TPSA) is 78.8 Å². The van der Waals surface area contributed by atoms with Crippen molar-refractivity contribution in [3.63, 3.8) is 0 Å². The molecule has 2 aromatic rings. The Morgan fingerprint density at radius 1 is 0.967 bits per heavy atom. The molecule has 1 fully saturated rings. The number of rotatable bonds is 6. The number of anilines is 1. The van der Waals surface area contributed by atoms with E-state index in [1.165, 1.54) is 29.3 Å². The van der Waals surface area contributed by atoms with E-state index in [-0.39, 0.29) is 11.4 Å². The van der Waals surface area contributed by atoms with E-state index in [9.17, 15) is 13.2 Å². The minimum Gasteiger partial charge on any atom is -0.271 e. The van der Waals surface area contributed by atoms with Gasteiger partial charge in [-0.2, -0.15) is 5.10 Å². The van der Waals surface area contributed by atoms with E-state index in [1.54, 1.807) is 30.3 Å². The number of hydrogen-bond donors (Lipinski definition) is 1. The van der Waals surface area contributed by atoms with Gasteiger partial charge >= 0.3 is 0 Å². The molecule has 0 aliphatic heterocycles. The second-order valence-corrected chi connectivity index (χ2v) is 9.53. The fraction of sp³-hybridized carbons (Fsp3) is 0.391. The molecule has 30 heavy (non-hydrogen) atoms. The Balaban J connectivity index is 1.89. The third-order valence-corrected chi connectivity index (χ3v) is 7.26. The first-order valence-corrected chi connectivity index (χ1v) is 11.8. The van der Waals surface area contributed by atoms with Crippen molar-refractivity contribution in [2.45, 2.75) is 57.3 Å². The average Bonchev–Trinajstić information content (AvgIpc) is 3.02. The molecule has 3 rings (SSSR count). The van der Waals surface area contributed by atoms with Crippen LogP contribution in [-0.2, 0) is 14.8 Å². The smallest absolute Gasteiger partial charge is 0.264 e. The number of hydrogen-bond acceptors (Lipinski definition) is 4. The Bertz CT molecular complexity index is 1010. The second-order valence-electron chi connectivity index (χ2n) is 7.67. The van der Waals surface area contributed by atoms with Gasteiger partial charge in [-0.05, 0) is 68.9 Å². The van der Waals surface area contributed by atoms with Gasteiger partial charge in [0.2, 0.25) is 0 Å². The van der Waals surface area contributed by atoms with Crippen LogP contribution in [0.15, 0.2) is 58.5 Å². The molecule has 1 saturated carbocycles. The molecule has 0 bridgehead atoms. The van der Waals surface area contributed by atoms with Gasteiger partial charge in [0.1, 0.15) is 6.54 Å². The van der Waals surface area contributed by atoms with E-state index in [0.29, 0.717) is 5.69 Å². The van der Waals surface area contributed by atoms with Gasteiger partial charge in [-0.3, -0.25) is 9.10 Å². The highest BCUT2D eigenvalue weighted by molar-refractivity contribution is 7.92. The van der Waals surface area contributed by atoms with E-state index in [1.807, 2.05) is 19.9 Å². The van der Waals surface area contributed by atoms with Crippen molar-refractivity contribution in [2.75, 3.05) is 10.8 Å². The van der Waals surface area contributed by atoms with Gasteiger partial charge in [0.05, 0.1) is 10.6 Å². The molecular weight excluding hydrogens is 398 g/mol. The predicted molar refractivity (Wildman–Crippen MR) is 120 cm³/mol. The third-order valence-electron chi connectivity index (χ3n) is 5.48. The van der Waals surface area contributed by atoms with Crippen LogP contribution >= 0.6 is 0 Å². The Labute approximate surface area is 179 Å². The third kappa shape index (κ3) is 5.27. The molecule has 0 saturated heterocycles. The van der Waals surface area contributed by atoms with Crippen molar-refractivity contribution in [3.8, 4) is 0 Å². The molecule has 7 heteroatoms. The minimum atomic E-state index is -3.91. The maximum Gasteiger partial charge on any atom is 0.264 e. The number of nitrogens with zero attached hydrogens (tertiary/aromatic N) is 2. The fourth-order valence-electron chi connectivity index (χ4n) is 3.58. The van der Waals surface area contributed by atoms with Crippen molar-refractivity contribution in [2.24, 2.45) is 5.10 Å². The lowest BCUT2D eigenvalue weighted by atomic mass is 10.1. The van der Waals surface area contributed by atoms with Gasteiger partial charge in [0.15, 0.2) is 0 Å². The molecule has 0 aromatic heterocycles. The van der Waals surface area contributed by atoms with Crippen LogP contribution in [-0.4, -0.2) is 26.6 Å². The first-order valence-electron chi connectivity index (χ1n) is 10.4. The molecule has 0 unspecified atom stereocenters. The van der Waals surface area contributed by atoms with Crippen LogP contribution < -0.4 is 9.73 Å². The zero-order chi connectivity index (χ0) is 21.6. The molecule has 160 valence electrons. The number of aryl methyl sites for hydroxylation is 1. The molecule has 1 amide bonds. The Kier molecular flexibility index (Phi) is 7.26. The van der Waals surface area contributed by atoms with Crippen molar-refractivity contribution >= 4 is 27.3 Å². The van der Waals surface area contributed by atoms with E-state index < -0.39 is 15.9 Å². The summed E-state index contributed by atoms with van der Waals surface area (Å²) in [4.78, 5) is 12.9. The lowest BCUT2D eigenvalue weighted by Crippen LogP contribution is -2.40. The monoisotopic (exact) mass is 427 g/mol. The van der Waals surface area contributed by atoms with Crippen molar-refractivity contribution in [1.82, 2.24) is 5.43 Å². The average molecular weight is 428 g/mol. The number of hydrazone groups is 1. The maximum absolute atomic E-state index is 13.4. The van der Waals surface area contributed by atoms with E-state index >= 15 is 0 Å². The zero-order valence-electron chi connectivity index (χ0n) is 17.6. The molecule has 1 aliphatic rings. The van der Waals surface area contributed by atoms with Crippen LogP contribution in [0.3, 0.4) is 0 Å². The van der Waals surface area contributed by atoms with Gasteiger partial charge in [-0.1, -0.05) is 43.2 Å². The quantitative estimate of drug-likeness (QED) is 0.551. The van der Waals surface area contributed by atoms with Crippen molar-refractivity contribution in [1.29, 1.82) is 0 Å². The number of amides is 1. The highest BCUT2D eigenvalue weighted by Crippen LogP contribution is 2.28.